The summed E-state index contributed by atoms with van der Waals surface area (Å²) in [5.41, 5.74) is -1.59. The van der Waals surface area contributed by atoms with Gasteiger partial charge >= 0.3 is 12.1 Å². The highest BCUT2D eigenvalue weighted by Gasteiger charge is 2.53. The first-order chi connectivity index (χ1) is 16.0. The van der Waals surface area contributed by atoms with Crippen LogP contribution in [0.5, 0.6) is 0 Å². The van der Waals surface area contributed by atoms with E-state index < -0.39 is 33.2 Å². The molecule has 0 aliphatic carbocycles. The number of hydrogen-bond donors (Lipinski definition) is 1. The molecule has 1 aliphatic heterocycles. The maximum Gasteiger partial charge on any atom is 0.361 e. The molecule has 1 unspecified atom stereocenters. The monoisotopic (exact) mass is 894 g/mol. The fraction of sp³-hybridized carbons (Fsp3) is 0.800. The third-order valence-corrected chi connectivity index (χ3v) is 11.3. The zero-order valence-electron chi connectivity index (χ0n) is 21.3. The van der Waals surface area contributed by atoms with Gasteiger partial charge in [-0.25, -0.2) is 9.59 Å². The van der Waals surface area contributed by atoms with Gasteiger partial charge in [-0.15, -0.1) is 0 Å². The van der Waals surface area contributed by atoms with E-state index in [9.17, 15) is 19.2 Å². The molecule has 0 bridgehead atoms. The predicted molar refractivity (Wildman–Crippen MR) is 163 cm³/mol. The minimum atomic E-state index is -0.804. The van der Waals surface area contributed by atoms with Crippen molar-refractivity contribution in [2.45, 2.75) is 38.0 Å². The first-order valence-corrected chi connectivity index (χ1v) is 15.3. The van der Waals surface area contributed by atoms with Gasteiger partial charge in [-0.1, -0.05) is 106 Å². The summed E-state index contributed by atoms with van der Waals surface area (Å²) in [7, 11) is 6.12. The quantitative estimate of drug-likeness (QED) is 0.281. The number of carbonyl (C=O) groups is 4. The van der Waals surface area contributed by atoms with Crippen molar-refractivity contribution in [1.82, 2.24) is 20.0 Å². The molecule has 1 heterocycles. The van der Waals surface area contributed by atoms with Crippen LogP contribution in [0.4, 0.5) is 9.59 Å². The molecule has 10 nitrogen and oxygen atoms in total. The average molecular weight is 900 g/mol. The molecule has 0 spiro atoms. The highest BCUT2D eigenvalue weighted by atomic mass is 80.0. The van der Waals surface area contributed by atoms with Gasteiger partial charge in [-0.3, -0.25) is 9.59 Å². The lowest BCUT2D eigenvalue weighted by Crippen LogP contribution is -2.63. The molecule has 1 saturated heterocycles. The van der Waals surface area contributed by atoms with Gasteiger partial charge in [-0.05, 0) is 27.7 Å². The van der Waals surface area contributed by atoms with Crippen LogP contribution >= 0.6 is 95.6 Å². The third kappa shape index (κ3) is 9.92. The van der Waals surface area contributed by atoms with Crippen molar-refractivity contribution in [3.63, 3.8) is 0 Å². The van der Waals surface area contributed by atoms with E-state index in [1.54, 1.807) is 4.90 Å². The number of urea groups is 2. The lowest BCUT2D eigenvalue weighted by atomic mass is 9.83. The average Bonchev–Trinajstić information content (AvgIpc) is 2.74. The highest BCUT2D eigenvalue weighted by molar-refractivity contribution is 9.39. The van der Waals surface area contributed by atoms with Crippen LogP contribution in [0.25, 0.3) is 0 Å². The Kier molecular flexibility index (Phi) is 14.4. The van der Waals surface area contributed by atoms with Gasteiger partial charge < -0.3 is 20.0 Å². The van der Waals surface area contributed by atoms with E-state index in [0.717, 1.165) is 0 Å². The summed E-state index contributed by atoms with van der Waals surface area (Å²) >= 11 is 20.8. The number of Topliss-reactive ketones (excluding diaryl/α,β-unsaturated/α-hetero) is 1. The second-order valence-electron chi connectivity index (χ2n) is 9.38. The Bertz CT molecular complexity index is 785. The maximum atomic E-state index is 13.2. The molecule has 1 atom stereocenters. The number of halogens is 6. The Balaban J connectivity index is 0.000000860. The van der Waals surface area contributed by atoms with Gasteiger partial charge in [0.05, 0.1) is 10.8 Å². The van der Waals surface area contributed by atoms with Crippen molar-refractivity contribution in [3.8, 4) is 0 Å². The standard InChI is InChI=1S/C14H20Br6N2O2.C6H12N4O2/c1-11(2,13(15,16)17)9(23)8-7-21-5-6-22(8)10(24)12(3,4)14(18,19)20;1-9(2)5(11)7-8-6(12)10(3)4/h8,21H,5-7H2,1-4H3;1-4H3. The van der Waals surface area contributed by atoms with Crippen LogP contribution in [0, 0.1) is 10.8 Å². The number of rotatable bonds is 3. The van der Waals surface area contributed by atoms with Gasteiger partial charge in [0, 0.05) is 47.8 Å². The molecule has 1 fully saturated rings. The molecule has 1 N–H and O–H groups in total. The second-order valence-corrected chi connectivity index (χ2v) is 22.9. The zero-order valence-corrected chi connectivity index (χ0v) is 30.9. The molecule has 208 valence electrons. The van der Waals surface area contributed by atoms with E-state index in [0.29, 0.717) is 19.6 Å². The van der Waals surface area contributed by atoms with E-state index >= 15 is 0 Å². The van der Waals surface area contributed by atoms with E-state index in [4.69, 9.17) is 0 Å². The summed E-state index contributed by atoms with van der Waals surface area (Å²) in [5, 5.41) is 9.55. The number of ketones is 1. The number of piperazine rings is 1. The summed E-state index contributed by atoms with van der Waals surface area (Å²) in [6, 6.07) is -1.64. The van der Waals surface area contributed by atoms with E-state index in [1.165, 1.54) is 38.0 Å². The fourth-order valence-corrected chi connectivity index (χ4v) is 3.58. The predicted octanol–water partition coefficient (Wildman–Crippen LogP) is 5.89. The van der Waals surface area contributed by atoms with Crippen LogP contribution in [0.2, 0.25) is 0 Å². The molecular weight excluding hydrogens is 868 g/mol. The van der Waals surface area contributed by atoms with Gasteiger partial charge in [-0.2, -0.15) is 0 Å². The summed E-state index contributed by atoms with van der Waals surface area (Å²) < 4.78 is -1.50. The molecule has 16 heteroatoms. The van der Waals surface area contributed by atoms with E-state index in [2.05, 4.69) is 111 Å². The highest BCUT2D eigenvalue weighted by Crippen LogP contribution is 2.52. The summed E-state index contributed by atoms with van der Waals surface area (Å²) in [5.74, 6) is -0.137. The fourth-order valence-electron chi connectivity index (χ4n) is 2.48. The summed E-state index contributed by atoms with van der Waals surface area (Å²) in [6.07, 6.45) is 0. The molecule has 0 aromatic rings. The van der Waals surface area contributed by atoms with Crippen LogP contribution in [-0.2, 0) is 9.59 Å². The van der Waals surface area contributed by atoms with Gasteiger partial charge in [0.25, 0.3) is 0 Å². The molecule has 1 rings (SSSR count). The van der Waals surface area contributed by atoms with Crippen LogP contribution in [0.1, 0.15) is 27.7 Å². The van der Waals surface area contributed by atoms with Crippen molar-refractivity contribution < 1.29 is 19.2 Å². The number of amides is 5. The normalized spacial score (nSPS) is 17.3. The molecule has 0 radical (unpaired) electrons. The Morgan fingerprint density at radius 3 is 1.50 bits per heavy atom. The maximum absolute atomic E-state index is 13.2. The molecule has 1 aliphatic rings. The molecule has 0 aromatic carbocycles. The largest absolute Gasteiger partial charge is 0.361 e. The topological polar surface area (TPSA) is 115 Å². The van der Waals surface area contributed by atoms with Gasteiger partial charge in [0.15, 0.2) is 5.78 Å². The van der Waals surface area contributed by atoms with E-state index in [-0.39, 0.29) is 11.7 Å². The molecule has 36 heavy (non-hydrogen) atoms. The minimum absolute atomic E-state index is 0.0335. The molecule has 0 saturated carbocycles. The number of nitrogens with one attached hydrogen (secondary N) is 1. The summed E-state index contributed by atoms with van der Waals surface area (Å²) in [6.45, 7) is 8.90. The zero-order chi connectivity index (χ0) is 28.9. The number of carbonyl (C=O) groups excluding carboxylic acids is 4. The van der Waals surface area contributed by atoms with Crippen molar-refractivity contribution in [1.29, 1.82) is 0 Å². The van der Waals surface area contributed by atoms with Crippen molar-refractivity contribution in [2.75, 3.05) is 47.8 Å². The van der Waals surface area contributed by atoms with Gasteiger partial charge in [0.2, 0.25) is 5.91 Å². The summed E-state index contributed by atoms with van der Waals surface area (Å²) in [4.78, 5) is 52.0. The van der Waals surface area contributed by atoms with Crippen LogP contribution in [0.15, 0.2) is 10.2 Å². The molecule has 0 aromatic heterocycles. The smallest absolute Gasteiger partial charge is 0.329 e. The number of azo groups is 1. The van der Waals surface area contributed by atoms with Gasteiger partial charge in [0.1, 0.15) is 10.3 Å². The first kappa shape index (κ1) is 36.5. The molecule has 5 amide bonds. The minimum Gasteiger partial charge on any atom is -0.329 e. The first-order valence-electron chi connectivity index (χ1n) is 10.5. The number of nitrogens with zero attached hydrogens (tertiary/aromatic N) is 5. The van der Waals surface area contributed by atoms with Crippen LogP contribution in [-0.4, -0.2) is 96.6 Å². The van der Waals surface area contributed by atoms with Crippen molar-refractivity contribution >= 4 is 119 Å². The van der Waals surface area contributed by atoms with Crippen LogP contribution in [0.3, 0.4) is 0 Å². The second kappa shape index (κ2) is 14.2. The van der Waals surface area contributed by atoms with Crippen molar-refractivity contribution in [3.05, 3.63) is 0 Å². The van der Waals surface area contributed by atoms with Crippen LogP contribution < -0.4 is 5.32 Å². The third-order valence-electron chi connectivity index (χ3n) is 5.36. The molecular formula is C20H32Br6N6O4. The Hall–Kier alpha value is 0.520. The Labute approximate surface area is 263 Å². The lowest BCUT2D eigenvalue weighted by Gasteiger charge is -2.45. The van der Waals surface area contributed by atoms with Crippen molar-refractivity contribution in [2.24, 2.45) is 21.1 Å². The lowest BCUT2D eigenvalue weighted by molar-refractivity contribution is -0.149. The SMILES string of the molecule is CC(C)(C(=O)C1CNCCN1C(=O)C(C)(C)C(Br)(Br)Br)C(Br)(Br)Br.CN(C)C(=O)N=NC(=O)N(C)C. The Morgan fingerprint density at radius 2 is 1.17 bits per heavy atom. The van der Waals surface area contributed by atoms with E-state index in [1.807, 2.05) is 27.7 Å². The number of alkyl halides is 6. The Morgan fingerprint density at radius 1 is 0.778 bits per heavy atom. The number of hydrogen-bond acceptors (Lipinski definition) is 5.